The number of rotatable bonds is 3. The molecule has 0 aliphatic carbocycles. The molecule has 0 aliphatic rings. The van der Waals surface area contributed by atoms with Crippen molar-refractivity contribution < 1.29 is 4.79 Å². The topological polar surface area (TPSA) is 79.8 Å². The third-order valence-electron chi connectivity index (χ3n) is 4.07. The van der Waals surface area contributed by atoms with Gasteiger partial charge < -0.3 is 5.32 Å². The molecule has 0 bridgehead atoms. The highest BCUT2D eigenvalue weighted by Gasteiger charge is 2.11. The van der Waals surface area contributed by atoms with Crippen LogP contribution in [0.15, 0.2) is 52.8 Å². The van der Waals surface area contributed by atoms with Crippen LogP contribution in [-0.2, 0) is 18.9 Å². The van der Waals surface area contributed by atoms with Crippen LogP contribution in [-0.4, -0.2) is 15.0 Å². The molecule has 0 fully saturated rings. The first-order chi connectivity index (χ1) is 12.4. The number of nitrogens with zero attached hydrogens (tertiary/aromatic N) is 3. The number of fused-ring (bicyclic) bond motifs is 1. The van der Waals surface area contributed by atoms with Gasteiger partial charge in [0, 0.05) is 23.4 Å². The zero-order valence-electron chi connectivity index (χ0n) is 14.2. The Morgan fingerprint density at radius 2 is 1.77 bits per heavy atom. The van der Waals surface area contributed by atoms with E-state index in [1.165, 1.54) is 10.6 Å². The lowest BCUT2D eigenvalue weighted by Gasteiger charge is -2.04. The summed E-state index contributed by atoms with van der Waals surface area (Å²) >= 11 is 2.18. The van der Waals surface area contributed by atoms with E-state index in [0.717, 1.165) is 14.6 Å². The fraction of sp³-hybridized carbons (Fsp3) is 0.105. The summed E-state index contributed by atoms with van der Waals surface area (Å²) in [5.41, 5.74) is 2.69. The quantitative estimate of drug-likeness (QED) is 0.372. The predicted octanol–water partition coefficient (Wildman–Crippen LogP) is 3.03. The Bertz CT molecular complexity index is 1130. The molecule has 130 valence electrons. The number of nitriles is 1. The van der Waals surface area contributed by atoms with Gasteiger partial charge in [-0.3, -0.25) is 13.9 Å². The van der Waals surface area contributed by atoms with Crippen molar-refractivity contribution >= 4 is 51.3 Å². The Morgan fingerprint density at radius 3 is 2.42 bits per heavy atom. The van der Waals surface area contributed by atoms with Gasteiger partial charge in [-0.05, 0) is 70.6 Å². The zero-order chi connectivity index (χ0) is 18.8. The molecule has 0 unspecified atom stereocenters. The fourth-order valence-corrected chi connectivity index (χ4v) is 3.02. The molecular formula is C19H15IN4O2. The maximum Gasteiger partial charge on any atom is 0.328 e. The Kier molecular flexibility index (Phi) is 4.95. The summed E-state index contributed by atoms with van der Waals surface area (Å²) in [5, 5.41) is 12.1. The van der Waals surface area contributed by atoms with Crippen LogP contribution < -0.4 is 11.0 Å². The lowest BCUT2D eigenvalue weighted by atomic mass is 10.1. The molecule has 26 heavy (non-hydrogen) atoms. The summed E-state index contributed by atoms with van der Waals surface area (Å²) in [7, 11) is 3.39. The number of carbonyl (C=O) groups is 1. The third kappa shape index (κ3) is 3.41. The van der Waals surface area contributed by atoms with Crippen LogP contribution >= 0.6 is 22.6 Å². The van der Waals surface area contributed by atoms with Crippen molar-refractivity contribution in [3.8, 4) is 6.07 Å². The molecule has 1 aromatic heterocycles. The van der Waals surface area contributed by atoms with Gasteiger partial charge in [0.05, 0.1) is 11.0 Å². The van der Waals surface area contributed by atoms with Crippen molar-refractivity contribution in [3.05, 3.63) is 67.7 Å². The number of anilines is 1. The Hall–Kier alpha value is -2.86. The number of carbonyl (C=O) groups excluding carboxylic acids is 1. The molecule has 0 saturated heterocycles. The van der Waals surface area contributed by atoms with E-state index < -0.39 is 5.91 Å². The van der Waals surface area contributed by atoms with Crippen LogP contribution in [0.2, 0.25) is 0 Å². The van der Waals surface area contributed by atoms with E-state index in [9.17, 15) is 14.9 Å². The van der Waals surface area contributed by atoms with Gasteiger partial charge in [-0.25, -0.2) is 4.79 Å². The monoisotopic (exact) mass is 458 g/mol. The fourth-order valence-electron chi connectivity index (χ4n) is 2.66. The molecule has 1 amide bonds. The highest BCUT2D eigenvalue weighted by atomic mass is 127. The first kappa shape index (κ1) is 17.9. The van der Waals surface area contributed by atoms with E-state index in [4.69, 9.17) is 0 Å². The first-order valence-corrected chi connectivity index (χ1v) is 8.83. The van der Waals surface area contributed by atoms with E-state index in [1.54, 1.807) is 49.0 Å². The smallest absolute Gasteiger partial charge is 0.321 e. The maximum absolute atomic E-state index is 12.4. The van der Waals surface area contributed by atoms with Gasteiger partial charge in [-0.15, -0.1) is 0 Å². The van der Waals surface area contributed by atoms with Crippen LogP contribution in [0.3, 0.4) is 0 Å². The number of nitrogens with one attached hydrogen (secondary N) is 1. The summed E-state index contributed by atoms with van der Waals surface area (Å²) in [6.07, 6.45) is 1.51. The summed E-state index contributed by atoms with van der Waals surface area (Å²) in [6, 6.07) is 14.6. The van der Waals surface area contributed by atoms with Crippen LogP contribution in [0.1, 0.15) is 5.56 Å². The Morgan fingerprint density at radius 1 is 1.12 bits per heavy atom. The molecule has 2 aromatic carbocycles. The number of hydrogen-bond donors (Lipinski definition) is 1. The van der Waals surface area contributed by atoms with Gasteiger partial charge in [0.1, 0.15) is 11.6 Å². The molecule has 0 aliphatic heterocycles. The minimum Gasteiger partial charge on any atom is -0.321 e. The van der Waals surface area contributed by atoms with E-state index in [-0.39, 0.29) is 11.3 Å². The van der Waals surface area contributed by atoms with Crippen molar-refractivity contribution in [1.82, 2.24) is 9.13 Å². The number of halogens is 1. The second kappa shape index (κ2) is 7.17. The van der Waals surface area contributed by atoms with Crippen molar-refractivity contribution in [2.75, 3.05) is 5.32 Å². The second-order valence-electron chi connectivity index (χ2n) is 5.78. The number of hydrogen-bond acceptors (Lipinski definition) is 3. The number of benzene rings is 2. The van der Waals surface area contributed by atoms with Crippen molar-refractivity contribution in [3.63, 3.8) is 0 Å². The number of aryl methyl sites for hydroxylation is 2. The van der Waals surface area contributed by atoms with E-state index in [0.29, 0.717) is 11.3 Å². The van der Waals surface area contributed by atoms with Gasteiger partial charge in [0.25, 0.3) is 5.91 Å². The van der Waals surface area contributed by atoms with Crippen molar-refractivity contribution in [1.29, 1.82) is 5.26 Å². The van der Waals surface area contributed by atoms with Crippen molar-refractivity contribution in [2.45, 2.75) is 0 Å². The molecule has 0 saturated carbocycles. The van der Waals surface area contributed by atoms with Gasteiger partial charge >= 0.3 is 5.69 Å². The van der Waals surface area contributed by atoms with Crippen LogP contribution in [0.5, 0.6) is 0 Å². The first-order valence-electron chi connectivity index (χ1n) is 7.75. The Labute approximate surface area is 163 Å². The zero-order valence-corrected chi connectivity index (χ0v) is 16.3. The summed E-state index contributed by atoms with van der Waals surface area (Å²) in [5.74, 6) is -0.476. The minimum atomic E-state index is -0.476. The predicted molar refractivity (Wildman–Crippen MR) is 110 cm³/mol. The lowest BCUT2D eigenvalue weighted by Crippen LogP contribution is -2.19. The molecule has 0 atom stereocenters. The van der Waals surface area contributed by atoms with Crippen LogP contribution in [0, 0.1) is 14.9 Å². The molecule has 6 nitrogen and oxygen atoms in total. The standard InChI is InChI=1S/C19H15IN4O2/c1-23-16-8-3-12(10-17(16)24(2)19(23)26)9-13(11-21)18(25)22-15-6-4-14(20)5-7-15/h3-10H,1-2H3,(H,22,25)/b13-9+. The normalized spacial score (nSPS) is 11.4. The number of amides is 1. The maximum atomic E-state index is 12.4. The van der Waals surface area contributed by atoms with Gasteiger partial charge in [-0.2, -0.15) is 5.26 Å². The minimum absolute atomic E-state index is 0.0103. The lowest BCUT2D eigenvalue weighted by molar-refractivity contribution is -0.112. The molecule has 7 heteroatoms. The van der Waals surface area contributed by atoms with Gasteiger partial charge in [0.15, 0.2) is 0 Å². The third-order valence-corrected chi connectivity index (χ3v) is 4.79. The average Bonchev–Trinajstić information content (AvgIpc) is 2.85. The molecule has 3 rings (SSSR count). The highest BCUT2D eigenvalue weighted by molar-refractivity contribution is 14.1. The molecule has 1 N–H and O–H groups in total. The van der Waals surface area contributed by atoms with Gasteiger partial charge in [0.2, 0.25) is 0 Å². The SMILES string of the molecule is Cn1c(=O)n(C)c2cc(/C=C(\C#N)C(=O)Nc3ccc(I)cc3)ccc21. The molecule has 3 aromatic rings. The molecule has 0 radical (unpaired) electrons. The molecular weight excluding hydrogens is 443 g/mol. The number of aromatic nitrogens is 2. The summed E-state index contributed by atoms with van der Waals surface area (Å²) in [4.78, 5) is 24.4. The molecule has 1 heterocycles. The van der Waals surface area contributed by atoms with Crippen LogP contribution in [0.4, 0.5) is 5.69 Å². The van der Waals surface area contributed by atoms with Gasteiger partial charge in [-0.1, -0.05) is 6.07 Å². The number of imidazole rings is 1. The largest absolute Gasteiger partial charge is 0.328 e. The second-order valence-corrected chi connectivity index (χ2v) is 7.03. The highest BCUT2D eigenvalue weighted by Crippen LogP contribution is 2.17. The van der Waals surface area contributed by atoms with Crippen LogP contribution in [0.25, 0.3) is 17.1 Å². The van der Waals surface area contributed by atoms with E-state index in [2.05, 4.69) is 27.9 Å². The van der Waals surface area contributed by atoms with E-state index in [1.807, 2.05) is 18.2 Å². The summed E-state index contributed by atoms with van der Waals surface area (Å²) < 4.78 is 4.14. The van der Waals surface area contributed by atoms with Crippen molar-refractivity contribution in [2.24, 2.45) is 14.1 Å². The summed E-state index contributed by atoms with van der Waals surface area (Å²) in [6.45, 7) is 0. The molecule has 0 spiro atoms. The average molecular weight is 458 g/mol. The van der Waals surface area contributed by atoms with E-state index >= 15 is 0 Å². The Balaban J connectivity index is 1.93.